The van der Waals surface area contributed by atoms with E-state index in [1.165, 1.54) is 0 Å². The van der Waals surface area contributed by atoms with Crippen LogP contribution in [0, 0.1) is 0 Å². The summed E-state index contributed by atoms with van der Waals surface area (Å²) in [6, 6.07) is 6.25. The average molecular weight is 329 g/mol. The van der Waals surface area contributed by atoms with Gasteiger partial charge in [-0.3, -0.25) is 4.79 Å². The summed E-state index contributed by atoms with van der Waals surface area (Å²) in [5.41, 5.74) is 6.42. The number of nitrogens with two attached hydrogens (primary N) is 1. The summed E-state index contributed by atoms with van der Waals surface area (Å²) in [6.07, 6.45) is -0.0331. The van der Waals surface area contributed by atoms with Crippen LogP contribution < -0.4 is 15.8 Å². The molecular formula is C14H21BrN2O2. The molecule has 0 heterocycles. The fourth-order valence-electron chi connectivity index (χ4n) is 1.57. The first kappa shape index (κ1) is 16.0. The van der Waals surface area contributed by atoms with Gasteiger partial charge in [-0.25, -0.2) is 0 Å². The number of ether oxygens (including phenoxy) is 1. The lowest BCUT2D eigenvalue weighted by atomic mass is 10.2. The predicted octanol–water partition coefficient (Wildman–Crippen LogP) is 2.59. The van der Waals surface area contributed by atoms with Gasteiger partial charge in [0.2, 0.25) is 0 Å². The molecule has 0 bridgehead atoms. The molecule has 4 nitrogen and oxygen atoms in total. The molecule has 1 aromatic carbocycles. The van der Waals surface area contributed by atoms with E-state index in [9.17, 15) is 4.79 Å². The smallest absolute Gasteiger partial charge is 0.258 e. The van der Waals surface area contributed by atoms with E-state index in [2.05, 4.69) is 35.1 Å². The molecule has 1 atom stereocenters. The van der Waals surface area contributed by atoms with Crippen LogP contribution in [0.15, 0.2) is 22.7 Å². The van der Waals surface area contributed by atoms with Crippen molar-refractivity contribution >= 4 is 21.8 Å². The predicted molar refractivity (Wildman–Crippen MR) is 80.0 cm³/mol. The number of carbonyl (C=O) groups excluding carboxylic acids is 1. The van der Waals surface area contributed by atoms with Crippen molar-refractivity contribution in [2.75, 3.05) is 0 Å². The van der Waals surface area contributed by atoms with Crippen LogP contribution in [-0.4, -0.2) is 18.1 Å². The largest absolute Gasteiger partial charge is 0.479 e. The number of amides is 1. The van der Waals surface area contributed by atoms with Crippen LogP contribution in [0.2, 0.25) is 0 Å². The summed E-state index contributed by atoms with van der Waals surface area (Å²) in [6.45, 7) is 6.87. The van der Waals surface area contributed by atoms with Crippen molar-refractivity contribution in [2.24, 2.45) is 5.73 Å². The third kappa shape index (κ3) is 5.20. The number of nitrogens with one attached hydrogen (secondary N) is 1. The minimum absolute atomic E-state index is 0.439. The van der Waals surface area contributed by atoms with Crippen LogP contribution in [0.5, 0.6) is 5.75 Å². The van der Waals surface area contributed by atoms with Gasteiger partial charge in [0.1, 0.15) is 5.75 Å². The Morgan fingerprint density at radius 1 is 1.47 bits per heavy atom. The van der Waals surface area contributed by atoms with Crippen molar-refractivity contribution in [2.45, 2.75) is 45.9 Å². The van der Waals surface area contributed by atoms with E-state index in [0.29, 0.717) is 18.2 Å². The van der Waals surface area contributed by atoms with Gasteiger partial charge in [-0.15, -0.1) is 0 Å². The Morgan fingerprint density at radius 2 is 2.16 bits per heavy atom. The molecule has 0 aliphatic heterocycles. The van der Waals surface area contributed by atoms with Crippen molar-refractivity contribution < 1.29 is 9.53 Å². The third-order valence-electron chi connectivity index (χ3n) is 2.67. The molecule has 3 N–H and O–H groups in total. The number of rotatable bonds is 7. The fourth-order valence-corrected chi connectivity index (χ4v) is 2.09. The van der Waals surface area contributed by atoms with Crippen molar-refractivity contribution in [3.05, 3.63) is 28.2 Å². The highest BCUT2D eigenvalue weighted by Crippen LogP contribution is 2.27. The van der Waals surface area contributed by atoms with Crippen LogP contribution >= 0.6 is 15.9 Å². The molecule has 1 rings (SSSR count). The van der Waals surface area contributed by atoms with Gasteiger partial charge < -0.3 is 15.8 Å². The maximum Gasteiger partial charge on any atom is 0.258 e. The summed E-state index contributed by atoms with van der Waals surface area (Å²) in [5.74, 6) is 0.193. The zero-order valence-corrected chi connectivity index (χ0v) is 13.2. The Morgan fingerprint density at radius 3 is 2.63 bits per heavy atom. The maximum absolute atomic E-state index is 11.2. The summed E-state index contributed by atoms with van der Waals surface area (Å²) in [4.78, 5) is 11.2. The number of hydrogen-bond acceptors (Lipinski definition) is 3. The van der Waals surface area contributed by atoms with Crippen LogP contribution in [0.1, 0.15) is 32.8 Å². The molecule has 0 fully saturated rings. The fraction of sp³-hybridized carbons (Fsp3) is 0.500. The summed E-state index contributed by atoms with van der Waals surface area (Å²) in [5, 5.41) is 3.34. The topological polar surface area (TPSA) is 64.3 Å². The third-order valence-corrected chi connectivity index (χ3v) is 3.29. The Hall–Kier alpha value is -1.07. The molecular weight excluding hydrogens is 308 g/mol. The Bertz CT molecular complexity index is 435. The first-order valence-electron chi connectivity index (χ1n) is 6.41. The first-order chi connectivity index (χ1) is 8.93. The van der Waals surface area contributed by atoms with Crippen LogP contribution in [0.4, 0.5) is 0 Å². The highest BCUT2D eigenvalue weighted by Gasteiger charge is 2.16. The Balaban J connectivity index is 2.74. The molecule has 5 heteroatoms. The molecule has 0 saturated carbocycles. The first-order valence-corrected chi connectivity index (χ1v) is 7.21. The highest BCUT2D eigenvalue weighted by atomic mass is 79.9. The number of carbonyl (C=O) groups is 1. The monoisotopic (exact) mass is 328 g/mol. The number of primary amides is 1. The van der Waals surface area contributed by atoms with Gasteiger partial charge in [0, 0.05) is 12.6 Å². The van der Waals surface area contributed by atoms with E-state index in [4.69, 9.17) is 10.5 Å². The number of hydrogen-bond donors (Lipinski definition) is 2. The van der Waals surface area contributed by atoms with E-state index in [1.807, 2.05) is 25.1 Å². The van der Waals surface area contributed by atoms with E-state index in [0.717, 1.165) is 16.6 Å². The molecule has 0 aromatic heterocycles. The van der Waals surface area contributed by atoms with Gasteiger partial charge in [-0.1, -0.05) is 26.8 Å². The molecule has 0 aliphatic rings. The van der Waals surface area contributed by atoms with Crippen molar-refractivity contribution in [1.29, 1.82) is 0 Å². The van der Waals surface area contributed by atoms with E-state index >= 15 is 0 Å². The summed E-state index contributed by atoms with van der Waals surface area (Å²) >= 11 is 3.46. The highest BCUT2D eigenvalue weighted by molar-refractivity contribution is 9.10. The maximum atomic E-state index is 11.2. The molecule has 0 saturated heterocycles. The van der Waals surface area contributed by atoms with Crippen molar-refractivity contribution in [3.8, 4) is 5.75 Å². The normalized spacial score (nSPS) is 12.5. The lowest BCUT2D eigenvalue weighted by Gasteiger charge is -2.16. The Labute approximate surface area is 122 Å². The molecule has 106 valence electrons. The summed E-state index contributed by atoms with van der Waals surface area (Å²) < 4.78 is 6.42. The van der Waals surface area contributed by atoms with E-state index in [1.54, 1.807) is 0 Å². The van der Waals surface area contributed by atoms with Crippen molar-refractivity contribution in [1.82, 2.24) is 5.32 Å². The molecule has 0 spiro atoms. The second-order valence-corrected chi connectivity index (χ2v) is 5.57. The minimum Gasteiger partial charge on any atom is -0.479 e. The number of benzene rings is 1. The lowest BCUT2D eigenvalue weighted by molar-refractivity contribution is -0.124. The molecule has 0 radical (unpaired) electrons. The van der Waals surface area contributed by atoms with Gasteiger partial charge >= 0.3 is 0 Å². The van der Waals surface area contributed by atoms with Gasteiger partial charge in [-0.05, 0) is 40.0 Å². The van der Waals surface area contributed by atoms with Crippen LogP contribution in [-0.2, 0) is 11.3 Å². The van der Waals surface area contributed by atoms with Gasteiger partial charge in [-0.2, -0.15) is 0 Å². The van der Waals surface area contributed by atoms with Crippen LogP contribution in [0.3, 0.4) is 0 Å². The quantitative estimate of drug-likeness (QED) is 0.808. The number of halogens is 1. The standard InChI is InChI=1S/C14H21BrN2O2/c1-4-12(14(16)18)19-13-6-5-10(7-11(13)15)8-17-9(2)3/h5-7,9,12,17H,4,8H2,1-3H3,(H2,16,18). The zero-order chi connectivity index (χ0) is 14.4. The summed E-state index contributed by atoms with van der Waals surface area (Å²) in [7, 11) is 0. The van der Waals surface area contributed by atoms with E-state index < -0.39 is 12.0 Å². The van der Waals surface area contributed by atoms with Gasteiger partial charge in [0.25, 0.3) is 5.91 Å². The van der Waals surface area contributed by atoms with E-state index in [-0.39, 0.29) is 0 Å². The zero-order valence-electron chi connectivity index (χ0n) is 11.6. The molecule has 1 unspecified atom stereocenters. The molecule has 19 heavy (non-hydrogen) atoms. The van der Waals surface area contributed by atoms with Gasteiger partial charge in [0.15, 0.2) is 6.10 Å². The Kier molecular flexibility index (Phi) is 6.31. The second-order valence-electron chi connectivity index (χ2n) is 4.72. The second kappa shape index (κ2) is 7.50. The average Bonchev–Trinajstić information content (AvgIpc) is 2.34. The van der Waals surface area contributed by atoms with Crippen molar-refractivity contribution in [3.63, 3.8) is 0 Å². The SMILES string of the molecule is CCC(Oc1ccc(CNC(C)C)cc1Br)C(N)=O. The lowest BCUT2D eigenvalue weighted by Crippen LogP contribution is -2.33. The molecule has 0 aliphatic carbocycles. The minimum atomic E-state index is -0.587. The van der Waals surface area contributed by atoms with Gasteiger partial charge in [0.05, 0.1) is 4.47 Å². The molecule has 1 amide bonds. The van der Waals surface area contributed by atoms with Crippen LogP contribution in [0.25, 0.3) is 0 Å². The molecule has 1 aromatic rings.